The first-order valence-electron chi connectivity index (χ1n) is 20.1. The monoisotopic (exact) mass is 699 g/mol. The van der Waals surface area contributed by atoms with Gasteiger partial charge in [-0.3, -0.25) is 9.59 Å². The Labute approximate surface area is 306 Å². The van der Waals surface area contributed by atoms with Crippen LogP contribution in [0.3, 0.4) is 0 Å². The molecular formula is C43H74N2O5. The Hall–Kier alpha value is -2.93. The molecule has 0 saturated carbocycles. The highest BCUT2D eigenvalue weighted by molar-refractivity contribution is 5.83. The number of amides is 1. The third kappa shape index (κ3) is 33.6. The molecule has 0 aliphatic heterocycles. The molecule has 0 radical (unpaired) electrons. The zero-order chi connectivity index (χ0) is 36.8. The van der Waals surface area contributed by atoms with Crippen LogP contribution in [0.25, 0.3) is 0 Å². The Morgan fingerprint density at radius 1 is 0.600 bits per heavy atom. The molecule has 0 aliphatic carbocycles. The highest BCUT2D eigenvalue weighted by atomic mass is 16.5. The summed E-state index contributed by atoms with van der Waals surface area (Å²) in [6, 6.07) is -0.876. The van der Waals surface area contributed by atoms with E-state index in [-0.39, 0.29) is 18.0 Å². The molecule has 0 spiro atoms. The van der Waals surface area contributed by atoms with Crippen molar-refractivity contribution < 1.29 is 24.2 Å². The summed E-state index contributed by atoms with van der Waals surface area (Å²) in [5, 5.41) is 11.9. The van der Waals surface area contributed by atoms with E-state index >= 15 is 0 Å². The zero-order valence-electron chi connectivity index (χ0n) is 32.0. The molecule has 0 bridgehead atoms. The largest absolute Gasteiger partial charge is 0.480 e. The van der Waals surface area contributed by atoms with E-state index in [1.807, 2.05) is 0 Å². The lowest BCUT2D eigenvalue weighted by atomic mass is 10.0. The average molecular weight is 699 g/mol. The van der Waals surface area contributed by atoms with Gasteiger partial charge in [-0.2, -0.15) is 0 Å². The first-order valence-corrected chi connectivity index (χ1v) is 20.1. The van der Waals surface area contributed by atoms with Gasteiger partial charge < -0.3 is 20.9 Å². The summed E-state index contributed by atoms with van der Waals surface area (Å²) in [7, 11) is 0. The molecule has 2 unspecified atom stereocenters. The topological polar surface area (TPSA) is 119 Å². The number of nitrogens with one attached hydrogen (secondary N) is 1. The average Bonchev–Trinajstić information content (AvgIpc) is 3.10. The van der Waals surface area contributed by atoms with Gasteiger partial charge in [0.1, 0.15) is 12.1 Å². The number of esters is 1. The maximum atomic E-state index is 12.6. The summed E-state index contributed by atoms with van der Waals surface area (Å²) in [5.41, 5.74) is 5.46. The third-order valence-electron chi connectivity index (χ3n) is 8.60. The number of carbonyl (C=O) groups is 3. The summed E-state index contributed by atoms with van der Waals surface area (Å²) in [5.74, 6) is -1.34. The predicted octanol–water partition coefficient (Wildman–Crippen LogP) is 11.0. The molecule has 0 heterocycles. The van der Waals surface area contributed by atoms with Crippen molar-refractivity contribution in [1.29, 1.82) is 0 Å². The molecule has 0 aliphatic rings. The Balaban J connectivity index is 3.93. The van der Waals surface area contributed by atoms with Gasteiger partial charge >= 0.3 is 11.9 Å². The Morgan fingerprint density at radius 3 is 1.66 bits per heavy atom. The molecule has 0 saturated heterocycles. The number of unbranched alkanes of at least 4 members (excludes halogenated alkanes) is 11. The minimum absolute atomic E-state index is 0.0569. The third-order valence-corrected chi connectivity index (χ3v) is 8.60. The lowest BCUT2D eigenvalue weighted by molar-refractivity contribution is -0.150. The van der Waals surface area contributed by atoms with E-state index in [9.17, 15) is 19.5 Å². The SMILES string of the molecule is CC/C=C\C/C=C\C/C=C\C/C=C\C/C=C\CCCCCCCCCC(=O)OC(CCCCC)CCCCCC(=O)NC(CCCN)C(=O)O. The quantitative estimate of drug-likeness (QED) is 0.0344. The van der Waals surface area contributed by atoms with Crippen LogP contribution in [0, 0.1) is 0 Å². The van der Waals surface area contributed by atoms with Crippen LogP contribution in [0.5, 0.6) is 0 Å². The number of rotatable bonds is 35. The summed E-state index contributed by atoms with van der Waals surface area (Å²) >= 11 is 0. The van der Waals surface area contributed by atoms with Crippen molar-refractivity contribution in [3.8, 4) is 0 Å². The van der Waals surface area contributed by atoms with Gasteiger partial charge in [0.15, 0.2) is 0 Å². The minimum atomic E-state index is -1.02. The van der Waals surface area contributed by atoms with E-state index < -0.39 is 12.0 Å². The van der Waals surface area contributed by atoms with Crippen LogP contribution in [0.1, 0.15) is 174 Å². The molecule has 0 aromatic rings. The van der Waals surface area contributed by atoms with Crippen LogP contribution >= 0.6 is 0 Å². The van der Waals surface area contributed by atoms with Crippen molar-refractivity contribution >= 4 is 17.8 Å². The molecule has 0 aromatic heterocycles. The molecule has 7 heteroatoms. The fourth-order valence-electron chi connectivity index (χ4n) is 5.59. The molecule has 0 rings (SSSR count). The lowest BCUT2D eigenvalue weighted by Crippen LogP contribution is -2.40. The van der Waals surface area contributed by atoms with Crippen LogP contribution in [0.4, 0.5) is 0 Å². The van der Waals surface area contributed by atoms with Crippen LogP contribution in [-0.4, -0.2) is 41.6 Å². The van der Waals surface area contributed by atoms with Crippen molar-refractivity contribution in [2.75, 3.05) is 6.54 Å². The smallest absolute Gasteiger partial charge is 0.326 e. The molecule has 0 fully saturated rings. The molecule has 4 N–H and O–H groups in total. The summed E-state index contributed by atoms with van der Waals surface area (Å²) in [4.78, 5) is 36.1. The second-order valence-corrected chi connectivity index (χ2v) is 13.3. The van der Waals surface area contributed by atoms with E-state index in [0.717, 1.165) is 96.3 Å². The number of carbonyl (C=O) groups excluding carboxylic acids is 2. The molecule has 0 aromatic carbocycles. The summed E-state index contributed by atoms with van der Waals surface area (Å²) in [6.07, 6.45) is 45.9. The molecule has 2 atom stereocenters. The molecular weight excluding hydrogens is 624 g/mol. The van der Waals surface area contributed by atoms with Crippen molar-refractivity contribution in [1.82, 2.24) is 5.32 Å². The van der Waals surface area contributed by atoms with E-state index in [1.165, 1.54) is 32.1 Å². The predicted molar refractivity (Wildman–Crippen MR) is 211 cm³/mol. The zero-order valence-corrected chi connectivity index (χ0v) is 32.0. The number of carboxylic acid groups (broad SMARTS) is 1. The number of ether oxygens (including phenoxy) is 1. The Bertz CT molecular complexity index is 968. The fourth-order valence-corrected chi connectivity index (χ4v) is 5.59. The Morgan fingerprint density at radius 2 is 1.10 bits per heavy atom. The van der Waals surface area contributed by atoms with E-state index in [1.54, 1.807) is 0 Å². The molecule has 1 amide bonds. The maximum Gasteiger partial charge on any atom is 0.326 e. The van der Waals surface area contributed by atoms with Gasteiger partial charge in [-0.05, 0) is 103 Å². The van der Waals surface area contributed by atoms with Gasteiger partial charge in [0.05, 0.1) is 0 Å². The van der Waals surface area contributed by atoms with E-state index in [2.05, 4.69) is 79.9 Å². The highest BCUT2D eigenvalue weighted by Crippen LogP contribution is 2.17. The minimum Gasteiger partial charge on any atom is -0.480 e. The van der Waals surface area contributed by atoms with Gasteiger partial charge in [-0.15, -0.1) is 0 Å². The number of carboxylic acids is 1. The van der Waals surface area contributed by atoms with Gasteiger partial charge in [0.25, 0.3) is 0 Å². The first kappa shape index (κ1) is 47.1. The fraction of sp³-hybridized carbons (Fsp3) is 0.698. The Kier molecular flexibility index (Phi) is 35.1. The highest BCUT2D eigenvalue weighted by Gasteiger charge is 2.19. The first-order chi connectivity index (χ1) is 24.4. The number of allylic oxidation sites excluding steroid dienone is 10. The maximum absolute atomic E-state index is 12.6. The standard InChI is InChI=1S/C43H74N2O5/c1-3-5-7-8-9-10-11-12-13-14-15-16-17-18-19-20-21-22-23-24-25-26-31-37-42(47)50-39(33-28-6-4-2)34-29-27-30-36-41(46)45-40(43(48)49)35-32-38-44/h5,7,9-10,12-13,15-16,18-19,39-40H,3-4,6,8,11,14,17,20-38,44H2,1-2H3,(H,45,46)(H,48,49)/b7-5-,10-9-,13-12-,16-15-,19-18-. The molecule has 7 nitrogen and oxygen atoms in total. The normalized spacial score (nSPS) is 13.3. The van der Waals surface area contributed by atoms with Gasteiger partial charge in [0, 0.05) is 12.8 Å². The van der Waals surface area contributed by atoms with Crippen molar-refractivity contribution in [3.05, 3.63) is 60.8 Å². The molecule has 50 heavy (non-hydrogen) atoms. The second-order valence-electron chi connectivity index (χ2n) is 13.3. The van der Waals surface area contributed by atoms with Crippen molar-refractivity contribution in [2.45, 2.75) is 187 Å². The van der Waals surface area contributed by atoms with Crippen LogP contribution in [0.15, 0.2) is 60.8 Å². The number of hydrogen-bond donors (Lipinski definition) is 3. The second kappa shape index (κ2) is 37.3. The summed E-state index contributed by atoms with van der Waals surface area (Å²) < 4.78 is 5.88. The van der Waals surface area contributed by atoms with Crippen molar-refractivity contribution in [3.63, 3.8) is 0 Å². The van der Waals surface area contributed by atoms with E-state index in [4.69, 9.17) is 10.5 Å². The van der Waals surface area contributed by atoms with Gasteiger partial charge in [0.2, 0.25) is 5.91 Å². The number of nitrogens with two attached hydrogens (primary N) is 1. The number of aliphatic carboxylic acids is 1. The molecule has 286 valence electrons. The van der Waals surface area contributed by atoms with E-state index in [0.29, 0.717) is 38.6 Å². The van der Waals surface area contributed by atoms with Crippen LogP contribution < -0.4 is 11.1 Å². The van der Waals surface area contributed by atoms with Crippen molar-refractivity contribution in [2.24, 2.45) is 5.73 Å². The number of hydrogen-bond acceptors (Lipinski definition) is 5. The van der Waals surface area contributed by atoms with Gasteiger partial charge in [-0.25, -0.2) is 4.79 Å². The summed E-state index contributed by atoms with van der Waals surface area (Å²) in [6.45, 7) is 4.73. The van der Waals surface area contributed by atoms with Gasteiger partial charge in [-0.1, -0.05) is 126 Å². The van der Waals surface area contributed by atoms with Crippen LogP contribution in [-0.2, 0) is 19.1 Å². The van der Waals surface area contributed by atoms with Crippen LogP contribution in [0.2, 0.25) is 0 Å². The lowest BCUT2D eigenvalue weighted by Gasteiger charge is -2.18.